The Morgan fingerprint density at radius 3 is 2.72 bits per heavy atom. The molecule has 3 aliphatic rings. The van der Waals surface area contributed by atoms with E-state index in [4.69, 9.17) is 4.74 Å². The Bertz CT molecular complexity index is 326. The minimum atomic E-state index is -0.163. The fourth-order valence-electron chi connectivity index (χ4n) is 3.68. The molecule has 0 unspecified atom stereocenters. The van der Waals surface area contributed by atoms with Crippen LogP contribution in [0.5, 0.6) is 0 Å². The minimum absolute atomic E-state index is 0.00847. The minimum Gasteiger partial charge on any atom is -0.362 e. The van der Waals surface area contributed by atoms with Crippen molar-refractivity contribution in [1.29, 1.82) is 0 Å². The smallest absolute Gasteiger partial charge is 0.251 e. The van der Waals surface area contributed by atoms with E-state index in [2.05, 4.69) is 12.2 Å². The van der Waals surface area contributed by atoms with Crippen molar-refractivity contribution in [1.82, 2.24) is 10.2 Å². The zero-order valence-corrected chi connectivity index (χ0v) is 11.3. The molecule has 0 aromatic carbocycles. The van der Waals surface area contributed by atoms with Gasteiger partial charge in [-0.15, -0.1) is 0 Å². The van der Waals surface area contributed by atoms with Crippen LogP contribution in [0.1, 0.15) is 45.4 Å². The Kier molecular flexibility index (Phi) is 3.32. The van der Waals surface area contributed by atoms with E-state index < -0.39 is 0 Å². The number of amides is 1. The molecule has 1 amide bonds. The number of piperidine rings is 1. The van der Waals surface area contributed by atoms with E-state index in [1.54, 1.807) is 0 Å². The molecule has 3 rings (SSSR count). The van der Waals surface area contributed by atoms with Gasteiger partial charge in [0.2, 0.25) is 0 Å². The number of likely N-dealkylation sites (tertiary alicyclic amines) is 1. The van der Waals surface area contributed by atoms with E-state index in [1.807, 2.05) is 4.90 Å². The Morgan fingerprint density at radius 1 is 1.28 bits per heavy atom. The summed E-state index contributed by atoms with van der Waals surface area (Å²) in [5.74, 6) is 0.246. The third-order valence-electron chi connectivity index (χ3n) is 4.88. The van der Waals surface area contributed by atoms with Crippen molar-refractivity contribution in [3.05, 3.63) is 0 Å². The molecular weight excluding hydrogens is 228 g/mol. The number of ether oxygens (including phenoxy) is 1. The lowest BCUT2D eigenvalue weighted by Crippen LogP contribution is -2.45. The number of nitrogens with one attached hydrogen (secondary N) is 1. The third-order valence-corrected chi connectivity index (χ3v) is 4.88. The zero-order chi connectivity index (χ0) is 12.6. The highest BCUT2D eigenvalue weighted by atomic mass is 16.5. The first-order valence-corrected chi connectivity index (χ1v) is 7.39. The van der Waals surface area contributed by atoms with E-state index in [0.717, 1.165) is 58.2 Å². The molecule has 3 fully saturated rings. The summed E-state index contributed by atoms with van der Waals surface area (Å²) in [5.41, 5.74) is 0.00847. The van der Waals surface area contributed by atoms with Crippen molar-refractivity contribution < 1.29 is 9.53 Å². The van der Waals surface area contributed by atoms with Gasteiger partial charge in [-0.3, -0.25) is 4.79 Å². The van der Waals surface area contributed by atoms with Crippen LogP contribution in [0, 0.1) is 0 Å². The maximum atomic E-state index is 12.5. The van der Waals surface area contributed by atoms with Gasteiger partial charge in [-0.05, 0) is 58.5 Å². The average molecular weight is 252 g/mol. The van der Waals surface area contributed by atoms with E-state index in [-0.39, 0.29) is 17.6 Å². The van der Waals surface area contributed by atoms with Crippen molar-refractivity contribution in [3.8, 4) is 0 Å². The monoisotopic (exact) mass is 252 g/mol. The number of carbonyl (C=O) groups excluding carboxylic acids is 1. The largest absolute Gasteiger partial charge is 0.362 e. The first kappa shape index (κ1) is 12.4. The lowest BCUT2D eigenvalue weighted by atomic mass is 9.89. The molecule has 0 radical (unpaired) electrons. The molecule has 1 N–H and O–H groups in total. The summed E-state index contributed by atoms with van der Waals surface area (Å²) in [5, 5.41) is 3.37. The molecule has 4 nitrogen and oxygen atoms in total. The van der Waals surface area contributed by atoms with Crippen molar-refractivity contribution in [3.63, 3.8) is 0 Å². The third kappa shape index (κ3) is 2.16. The van der Waals surface area contributed by atoms with Crippen LogP contribution >= 0.6 is 0 Å². The van der Waals surface area contributed by atoms with Crippen LogP contribution in [0.2, 0.25) is 0 Å². The Hall–Kier alpha value is -0.610. The molecule has 18 heavy (non-hydrogen) atoms. The highest BCUT2D eigenvalue weighted by Gasteiger charge is 2.45. The zero-order valence-electron chi connectivity index (χ0n) is 11.3. The quantitative estimate of drug-likeness (QED) is 0.765. The molecule has 0 aromatic rings. The van der Waals surface area contributed by atoms with Gasteiger partial charge < -0.3 is 15.0 Å². The summed E-state index contributed by atoms with van der Waals surface area (Å²) in [6.45, 7) is 5.14. The molecule has 3 heterocycles. The second-order valence-electron chi connectivity index (χ2n) is 6.10. The fraction of sp³-hybridized carbons (Fsp3) is 0.929. The SMILES string of the molecule is C[C@H]1CCCN1C(=O)[C@H]1CCC2(CCNCC2)O1. The van der Waals surface area contributed by atoms with Crippen LogP contribution in [0.25, 0.3) is 0 Å². The van der Waals surface area contributed by atoms with Crippen LogP contribution in [-0.2, 0) is 9.53 Å². The summed E-state index contributed by atoms with van der Waals surface area (Å²) >= 11 is 0. The summed E-state index contributed by atoms with van der Waals surface area (Å²) < 4.78 is 6.18. The molecule has 102 valence electrons. The second-order valence-corrected chi connectivity index (χ2v) is 6.10. The fourth-order valence-corrected chi connectivity index (χ4v) is 3.68. The van der Waals surface area contributed by atoms with E-state index >= 15 is 0 Å². The molecule has 4 heteroatoms. The average Bonchev–Trinajstić information content (AvgIpc) is 2.97. The normalized spacial score (nSPS) is 35.3. The standard InChI is InChI=1S/C14H24N2O2/c1-11-3-2-10-16(11)13(17)12-4-5-14(18-12)6-8-15-9-7-14/h11-12,15H,2-10H2,1H3/t11-,12+/m0/s1. The van der Waals surface area contributed by atoms with E-state index in [1.165, 1.54) is 0 Å². The van der Waals surface area contributed by atoms with Crippen LogP contribution in [0.4, 0.5) is 0 Å². The highest BCUT2D eigenvalue weighted by Crippen LogP contribution is 2.38. The van der Waals surface area contributed by atoms with E-state index in [0.29, 0.717) is 6.04 Å². The number of hydrogen-bond acceptors (Lipinski definition) is 3. The van der Waals surface area contributed by atoms with Gasteiger partial charge in [0.1, 0.15) is 6.10 Å². The molecule has 0 bridgehead atoms. The second kappa shape index (κ2) is 4.82. The summed E-state index contributed by atoms with van der Waals surface area (Å²) in [7, 11) is 0. The van der Waals surface area contributed by atoms with Gasteiger partial charge in [0.15, 0.2) is 0 Å². The van der Waals surface area contributed by atoms with Crippen molar-refractivity contribution in [2.45, 2.75) is 63.2 Å². The van der Waals surface area contributed by atoms with Crippen molar-refractivity contribution in [2.24, 2.45) is 0 Å². The van der Waals surface area contributed by atoms with Gasteiger partial charge in [0.25, 0.3) is 5.91 Å². The highest BCUT2D eigenvalue weighted by molar-refractivity contribution is 5.81. The number of carbonyl (C=O) groups is 1. The van der Waals surface area contributed by atoms with Gasteiger partial charge in [-0.2, -0.15) is 0 Å². The van der Waals surface area contributed by atoms with Gasteiger partial charge >= 0.3 is 0 Å². The molecule has 2 atom stereocenters. The topological polar surface area (TPSA) is 41.6 Å². The molecule has 0 aromatic heterocycles. The van der Waals surface area contributed by atoms with Crippen molar-refractivity contribution >= 4 is 5.91 Å². The molecule has 0 aliphatic carbocycles. The van der Waals surface area contributed by atoms with Crippen LogP contribution in [-0.4, -0.2) is 48.2 Å². The lowest BCUT2D eigenvalue weighted by molar-refractivity contribution is -0.150. The number of nitrogens with zero attached hydrogens (tertiary/aromatic N) is 1. The predicted molar refractivity (Wildman–Crippen MR) is 69.4 cm³/mol. The van der Waals surface area contributed by atoms with Crippen LogP contribution in [0.15, 0.2) is 0 Å². The molecule has 3 saturated heterocycles. The van der Waals surface area contributed by atoms with Crippen LogP contribution < -0.4 is 5.32 Å². The Morgan fingerprint density at radius 2 is 2.06 bits per heavy atom. The van der Waals surface area contributed by atoms with E-state index in [9.17, 15) is 4.79 Å². The molecule has 0 saturated carbocycles. The molecule has 1 spiro atoms. The van der Waals surface area contributed by atoms with Crippen molar-refractivity contribution in [2.75, 3.05) is 19.6 Å². The molecular formula is C14H24N2O2. The van der Waals surface area contributed by atoms with Gasteiger partial charge in [-0.25, -0.2) is 0 Å². The van der Waals surface area contributed by atoms with Crippen LogP contribution in [0.3, 0.4) is 0 Å². The molecule has 3 aliphatic heterocycles. The van der Waals surface area contributed by atoms with Gasteiger partial charge in [0.05, 0.1) is 5.60 Å². The Labute approximate surface area is 109 Å². The summed E-state index contributed by atoms with van der Waals surface area (Å²) in [4.78, 5) is 14.5. The summed E-state index contributed by atoms with van der Waals surface area (Å²) in [6, 6.07) is 0.408. The number of hydrogen-bond donors (Lipinski definition) is 1. The Balaban J connectivity index is 1.62. The lowest BCUT2D eigenvalue weighted by Gasteiger charge is -2.34. The maximum Gasteiger partial charge on any atom is 0.251 e. The maximum absolute atomic E-state index is 12.5. The predicted octanol–water partition coefficient (Wildman–Crippen LogP) is 1.30. The first-order chi connectivity index (χ1) is 8.70. The van der Waals surface area contributed by atoms with Gasteiger partial charge in [-0.1, -0.05) is 0 Å². The first-order valence-electron chi connectivity index (χ1n) is 7.39. The number of rotatable bonds is 1. The summed E-state index contributed by atoms with van der Waals surface area (Å²) in [6.07, 6.45) is 6.24. The van der Waals surface area contributed by atoms with Gasteiger partial charge in [0, 0.05) is 12.6 Å².